The second-order valence-corrected chi connectivity index (χ2v) is 6.18. The van der Waals surface area contributed by atoms with Gasteiger partial charge >= 0.3 is 0 Å². The number of ether oxygens (including phenoxy) is 2. The van der Waals surface area contributed by atoms with Gasteiger partial charge in [-0.1, -0.05) is 23.7 Å². The Morgan fingerprint density at radius 2 is 1.67 bits per heavy atom. The largest absolute Gasteiger partial charge is 0.497 e. The SMILES string of the molecule is COc1ccc(/C=C/C(=O)NNC(=O)COc2cc(C)c(Cl)c(C)c2)cc1. The zero-order chi connectivity index (χ0) is 19.8. The summed E-state index contributed by atoms with van der Waals surface area (Å²) in [5.41, 5.74) is 7.14. The third kappa shape index (κ3) is 6.34. The second-order valence-electron chi connectivity index (χ2n) is 5.80. The van der Waals surface area contributed by atoms with Crippen molar-refractivity contribution in [3.05, 3.63) is 64.2 Å². The molecule has 2 aromatic rings. The quantitative estimate of drug-likeness (QED) is 0.588. The lowest BCUT2D eigenvalue weighted by Crippen LogP contribution is -2.43. The van der Waals surface area contributed by atoms with Crippen molar-refractivity contribution in [2.75, 3.05) is 13.7 Å². The fourth-order valence-electron chi connectivity index (χ4n) is 2.23. The fraction of sp³-hybridized carbons (Fsp3) is 0.200. The molecule has 2 rings (SSSR count). The zero-order valence-electron chi connectivity index (χ0n) is 15.3. The van der Waals surface area contributed by atoms with E-state index < -0.39 is 11.8 Å². The lowest BCUT2D eigenvalue weighted by molar-refractivity contribution is -0.128. The number of benzene rings is 2. The molecule has 2 amide bonds. The first-order valence-electron chi connectivity index (χ1n) is 8.19. The van der Waals surface area contributed by atoms with Crippen LogP contribution in [-0.4, -0.2) is 25.5 Å². The monoisotopic (exact) mass is 388 g/mol. The molecule has 0 heterocycles. The van der Waals surface area contributed by atoms with Crippen LogP contribution in [0, 0.1) is 13.8 Å². The molecule has 0 aliphatic rings. The van der Waals surface area contributed by atoms with Crippen molar-refractivity contribution in [1.82, 2.24) is 10.9 Å². The van der Waals surface area contributed by atoms with Crippen molar-refractivity contribution in [2.24, 2.45) is 0 Å². The van der Waals surface area contributed by atoms with Crippen LogP contribution in [0.3, 0.4) is 0 Å². The highest BCUT2D eigenvalue weighted by Gasteiger charge is 2.07. The van der Waals surface area contributed by atoms with Crippen molar-refractivity contribution in [2.45, 2.75) is 13.8 Å². The highest BCUT2D eigenvalue weighted by molar-refractivity contribution is 6.32. The molecule has 0 spiro atoms. The van der Waals surface area contributed by atoms with Gasteiger partial charge < -0.3 is 9.47 Å². The summed E-state index contributed by atoms with van der Waals surface area (Å²) in [6.07, 6.45) is 2.94. The summed E-state index contributed by atoms with van der Waals surface area (Å²) in [5, 5.41) is 0.669. The normalized spacial score (nSPS) is 10.5. The van der Waals surface area contributed by atoms with E-state index in [1.165, 1.54) is 6.08 Å². The van der Waals surface area contributed by atoms with E-state index in [1.807, 2.05) is 26.0 Å². The van der Waals surface area contributed by atoms with Crippen LogP contribution in [-0.2, 0) is 9.59 Å². The maximum atomic E-state index is 11.8. The lowest BCUT2D eigenvalue weighted by Gasteiger charge is -2.10. The van der Waals surface area contributed by atoms with Gasteiger partial charge in [0.25, 0.3) is 11.8 Å². The number of aryl methyl sites for hydroxylation is 2. The molecule has 142 valence electrons. The molecule has 0 bridgehead atoms. The van der Waals surface area contributed by atoms with E-state index in [1.54, 1.807) is 37.5 Å². The van der Waals surface area contributed by atoms with E-state index >= 15 is 0 Å². The molecule has 0 radical (unpaired) electrons. The number of hydrazine groups is 1. The predicted octanol–water partition coefficient (Wildman–Crippen LogP) is 3.21. The first-order chi connectivity index (χ1) is 12.9. The van der Waals surface area contributed by atoms with Crippen molar-refractivity contribution in [3.8, 4) is 11.5 Å². The Labute approximate surface area is 163 Å². The van der Waals surface area contributed by atoms with Gasteiger partial charge in [0.1, 0.15) is 11.5 Å². The number of methoxy groups -OCH3 is 1. The zero-order valence-corrected chi connectivity index (χ0v) is 16.1. The minimum absolute atomic E-state index is 0.233. The summed E-state index contributed by atoms with van der Waals surface area (Å²) >= 11 is 6.09. The number of hydrogen-bond donors (Lipinski definition) is 2. The molecule has 0 aromatic heterocycles. The van der Waals surface area contributed by atoms with Gasteiger partial charge in [-0.2, -0.15) is 0 Å². The molecular formula is C20H21ClN2O4. The molecule has 0 saturated carbocycles. The van der Waals surface area contributed by atoms with Gasteiger partial charge in [-0.3, -0.25) is 20.4 Å². The molecule has 7 heteroatoms. The van der Waals surface area contributed by atoms with E-state index in [4.69, 9.17) is 21.1 Å². The van der Waals surface area contributed by atoms with Crippen molar-refractivity contribution < 1.29 is 19.1 Å². The van der Waals surface area contributed by atoms with Gasteiger partial charge in [0.2, 0.25) is 0 Å². The van der Waals surface area contributed by atoms with E-state index in [9.17, 15) is 9.59 Å². The Hall–Kier alpha value is -2.99. The molecule has 0 aliphatic carbocycles. The van der Waals surface area contributed by atoms with Gasteiger partial charge in [-0.25, -0.2) is 0 Å². The number of amides is 2. The fourth-order valence-corrected chi connectivity index (χ4v) is 2.34. The van der Waals surface area contributed by atoms with Crippen LogP contribution in [0.5, 0.6) is 11.5 Å². The topological polar surface area (TPSA) is 76.7 Å². The van der Waals surface area contributed by atoms with Crippen molar-refractivity contribution >= 4 is 29.5 Å². The van der Waals surface area contributed by atoms with Gasteiger partial charge in [0, 0.05) is 11.1 Å². The molecule has 0 fully saturated rings. The number of carbonyl (C=O) groups is 2. The summed E-state index contributed by atoms with van der Waals surface area (Å²) in [7, 11) is 1.58. The average Bonchev–Trinajstić information content (AvgIpc) is 2.67. The molecule has 0 saturated heterocycles. The Balaban J connectivity index is 1.77. The highest BCUT2D eigenvalue weighted by Crippen LogP contribution is 2.25. The molecule has 6 nitrogen and oxygen atoms in total. The second kappa shape index (κ2) is 9.64. The number of halogens is 1. The molecule has 0 unspecified atom stereocenters. The maximum absolute atomic E-state index is 11.8. The smallest absolute Gasteiger partial charge is 0.276 e. The number of carbonyl (C=O) groups excluding carboxylic acids is 2. The van der Waals surface area contributed by atoms with Gasteiger partial charge in [0.15, 0.2) is 6.61 Å². The molecule has 0 aliphatic heterocycles. The van der Waals surface area contributed by atoms with Gasteiger partial charge in [-0.05, 0) is 60.9 Å². The molecular weight excluding hydrogens is 368 g/mol. The van der Waals surface area contributed by atoms with E-state index in [0.717, 1.165) is 22.4 Å². The maximum Gasteiger partial charge on any atom is 0.276 e. The number of hydrogen-bond acceptors (Lipinski definition) is 4. The summed E-state index contributed by atoms with van der Waals surface area (Å²) < 4.78 is 10.5. The number of rotatable bonds is 6. The summed E-state index contributed by atoms with van der Waals surface area (Å²) in [6.45, 7) is 3.48. The van der Waals surface area contributed by atoms with Gasteiger partial charge in [0.05, 0.1) is 7.11 Å². The van der Waals surface area contributed by atoms with Crippen molar-refractivity contribution in [3.63, 3.8) is 0 Å². The van der Waals surface area contributed by atoms with E-state index in [2.05, 4.69) is 10.9 Å². The Morgan fingerprint density at radius 3 is 2.26 bits per heavy atom. The molecule has 27 heavy (non-hydrogen) atoms. The number of nitrogens with one attached hydrogen (secondary N) is 2. The minimum Gasteiger partial charge on any atom is -0.497 e. The van der Waals surface area contributed by atoms with Crippen LogP contribution in [0.25, 0.3) is 6.08 Å². The average molecular weight is 389 g/mol. The van der Waals surface area contributed by atoms with E-state index in [0.29, 0.717) is 10.8 Å². The van der Waals surface area contributed by atoms with Crippen LogP contribution in [0.4, 0.5) is 0 Å². The standard InChI is InChI=1S/C20H21ClN2O4/c1-13-10-17(11-14(2)20(13)21)27-12-19(25)23-22-18(24)9-6-15-4-7-16(26-3)8-5-15/h4-11H,12H2,1-3H3,(H,22,24)(H,23,25)/b9-6+. The predicted molar refractivity (Wildman–Crippen MR) is 105 cm³/mol. The first kappa shape index (κ1) is 20.3. The Kier molecular flexibility index (Phi) is 7.25. The lowest BCUT2D eigenvalue weighted by atomic mass is 10.1. The van der Waals surface area contributed by atoms with Gasteiger partial charge in [-0.15, -0.1) is 0 Å². The third-order valence-electron chi connectivity index (χ3n) is 3.65. The van der Waals surface area contributed by atoms with Crippen LogP contribution >= 0.6 is 11.6 Å². The van der Waals surface area contributed by atoms with Crippen LogP contribution in [0.15, 0.2) is 42.5 Å². The summed E-state index contributed by atoms with van der Waals surface area (Å²) in [5.74, 6) is 0.328. The minimum atomic E-state index is -0.480. The summed E-state index contributed by atoms with van der Waals surface area (Å²) in [4.78, 5) is 23.5. The highest BCUT2D eigenvalue weighted by atomic mass is 35.5. The van der Waals surface area contributed by atoms with Crippen LogP contribution in [0.1, 0.15) is 16.7 Å². The Morgan fingerprint density at radius 1 is 1.04 bits per heavy atom. The summed E-state index contributed by atoms with van der Waals surface area (Å²) in [6, 6.07) is 10.7. The third-order valence-corrected chi connectivity index (χ3v) is 4.24. The van der Waals surface area contributed by atoms with E-state index in [-0.39, 0.29) is 6.61 Å². The first-order valence-corrected chi connectivity index (χ1v) is 8.57. The Bertz CT molecular complexity index is 825. The molecule has 2 aromatic carbocycles. The molecule has 2 N–H and O–H groups in total. The van der Waals surface area contributed by atoms with Crippen LogP contribution in [0.2, 0.25) is 5.02 Å². The van der Waals surface area contributed by atoms with Crippen molar-refractivity contribution in [1.29, 1.82) is 0 Å². The van der Waals surface area contributed by atoms with Crippen LogP contribution < -0.4 is 20.3 Å². The molecule has 0 atom stereocenters.